The Balaban J connectivity index is 1.58. The van der Waals surface area contributed by atoms with Crippen LogP contribution in [0.3, 0.4) is 0 Å². The summed E-state index contributed by atoms with van der Waals surface area (Å²) in [6.45, 7) is 3.99. The molecule has 116 valence electrons. The average molecular weight is 279 g/mol. The Hall–Kier alpha value is -0.120. The van der Waals surface area contributed by atoms with E-state index in [0.29, 0.717) is 0 Å². The van der Waals surface area contributed by atoms with Gasteiger partial charge >= 0.3 is 0 Å². The Kier molecular flexibility index (Phi) is 5.00. The van der Waals surface area contributed by atoms with Crippen molar-refractivity contribution in [3.63, 3.8) is 0 Å². The van der Waals surface area contributed by atoms with Crippen molar-refractivity contribution in [1.29, 1.82) is 0 Å². The minimum atomic E-state index is 0.760. The quantitative estimate of drug-likeness (QED) is 0.800. The number of nitrogens with zero attached hydrogens (tertiary/aromatic N) is 2. The van der Waals surface area contributed by atoms with Crippen LogP contribution < -0.4 is 5.32 Å². The van der Waals surface area contributed by atoms with Crippen molar-refractivity contribution in [2.45, 2.75) is 69.5 Å². The lowest BCUT2D eigenvalue weighted by atomic mass is 9.93. The number of likely N-dealkylation sites (tertiary alicyclic amines) is 1. The van der Waals surface area contributed by atoms with Crippen LogP contribution in [0.5, 0.6) is 0 Å². The van der Waals surface area contributed by atoms with Crippen LogP contribution in [0.15, 0.2) is 0 Å². The first-order valence-electron chi connectivity index (χ1n) is 8.89. The lowest BCUT2D eigenvalue weighted by Crippen LogP contribution is -2.43. The minimum Gasteiger partial charge on any atom is -0.317 e. The van der Waals surface area contributed by atoms with E-state index in [1.54, 1.807) is 0 Å². The number of nitrogens with one attached hydrogen (secondary N) is 1. The summed E-state index contributed by atoms with van der Waals surface area (Å²) in [7, 11) is 4.52. The van der Waals surface area contributed by atoms with Crippen molar-refractivity contribution >= 4 is 0 Å². The second-order valence-electron chi connectivity index (χ2n) is 7.39. The summed E-state index contributed by atoms with van der Waals surface area (Å²) >= 11 is 0. The fraction of sp³-hybridized carbons (Fsp3) is 1.00. The third-order valence-electron chi connectivity index (χ3n) is 6.26. The van der Waals surface area contributed by atoms with Gasteiger partial charge in [-0.3, -0.25) is 4.90 Å². The van der Waals surface area contributed by atoms with Crippen LogP contribution in [0.1, 0.15) is 51.4 Å². The van der Waals surface area contributed by atoms with Gasteiger partial charge in [-0.25, -0.2) is 0 Å². The largest absolute Gasteiger partial charge is 0.317 e. The first kappa shape index (κ1) is 14.8. The van der Waals surface area contributed by atoms with Crippen molar-refractivity contribution < 1.29 is 0 Å². The molecule has 0 amide bonds. The lowest BCUT2D eigenvalue weighted by Gasteiger charge is -2.32. The lowest BCUT2D eigenvalue weighted by molar-refractivity contribution is 0.176. The second-order valence-corrected chi connectivity index (χ2v) is 7.39. The first-order valence-corrected chi connectivity index (χ1v) is 8.89. The summed E-state index contributed by atoms with van der Waals surface area (Å²) in [5, 5.41) is 3.60. The number of fused-ring (bicyclic) bond motifs is 2. The van der Waals surface area contributed by atoms with Gasteiger partial charge in [0.25, 0.3) is 0 Å². The van der Waals surface area contributed by atoms with E-state index in [2.05, 4.69) is 29.2 Å². The maximum atomic E-state index is 3.60. The van der Waals surface area contributed by atoms with E-state index in [9.17, 15) is 0 Å². The zero-order valence-electron chi connectivity index (χ0n) is 13.5. The van der Waals surface area contributed by atoms with Crippen molar-refractivity contribution in [2.24, 2.45) is 5.92 Å². The predicted octanol–water partition coefficient (Wildman–Crippen LogP) is 2.32. The second kappa shape index (κ2) is 6.76. The highest BCUT2D eigenvalue weighted by Gasteiger charge is 2.35. The van der Waals surface area contributed by atoms with Crippen LogP contribution in [0.4, 0.5) is 0 Å². The number of hydrogen-bond donors (Lipinski definition) is 1. The monoisotopic (exact) mass is 279 g/mol. The van der Waals surface area contributed by atoms with Gasteiger partial charge in [0, 0.05) is 31.2 Å². The van der Waals surface area contributed by atoms with E-state index in [0.717, 1.165) is 24.0 Å². The Labute approximate surface area is 125 Å². The maximum Gasteiger partial charge on any atom is 0.0223 e. The van der Waals surface area contributed by atoms with Gasteiger partial charge in [-0.1, -0.05) is 19.3 Å². The molecule has 2 aliphatic heterocycles. The fourth-order valence-electron chi connectivity index (χ4n) is 4.86. The summed E-state index contributed by atoms with van der Waals surface area (Å²) in [6, 6.07) is 2.47. The summed E-state index contributed by atoms with van der Waals surface area (Å²) in [6.07, 6.45) is 11.4. The normalized spacial score (nSPS) is 40.5. The number of likely N-dealkylation sites (N-methyl/N-ethyl adjacent to an activating group) is 1. The zero-order valence-corrected chi connectivity index (χ0v) is 13.5. The molecule has 0 aromatic heterocycles. The fourth-order valence-corrected chi connectivity index (χ4v) is 4.86. The Morgan fingerprint density at radius 1 is 0.950 bits per heavy atom. The summed E-state index contributed by atoms with van der Waals surface area (Å²) in [4.78, 5) is 5.46. The molecule has 2 heterocycles. The molecule has 0 radical (unpaired) electrons. The van der Waals surface area contributed by atoms with Crippen LogP contribution in [0, 0.1) is 5.92 Å². The van der Waals surface area contributed by atoms with E-state index in [-0.39, 0.29) is 0 Å². The third-order valence-corrected chi connectivity index (χ3v) is 6.26. The predicted molar refractivity (Wildman–Crippen MR) is 85.1 cm³/mol. The van der Waals surface area contributed by atoms with Crippen LogP contribution in [0.25, 0.3) is 0 Å². The molecule has 2 saturated heterocycles. The first-order chi connectivity index (χ1) is 9.78. The van der Waals surface area contributed by atoms with Crippen molar-refractivity contribution in [3.05, 3.63) is 0 Å². The molecule has 0 aromatic rings. The minimum absolute atomic E-state index is 0.760. The molecule has 4 atom stereocenters. The van der Waals surface area contributed by atoms with Crippen molar-refractivity contribution in [1.82, 2.24) is 15.1 Å². The summed E-state index contributed by atoms with van der Waals surface area (Å²) < 4.78 is 0. The highest BCUT2D eigenvalue weighted by atomic mass is 15.3. The average Bonchev–Trinajstić information content (AvgIpc) is 2.61. The molecule has 1 saturated carbocycles. The number of rotatable bonds is 3. The highest BCUT2D eigenvalue weighted by Crippen LogP contribution is 2.30. The van der Waals surface area contributed by atoms with Crippen LogP contribution in [0.2, 0.25) is 0 Å². The molecule has 2 bridgehead atoms. The van der Waals surface area contributed by atoms with E-state index >= 15 is 0 Å². The Bertz CT molecular complexity index is 307. The third kappa shape index (κ3) is 3.20. The zero-order chi connectivity index (χ0) is 13.9. The molecule has 1 aliphatic carbocycles. The smallest absolute Gasteiger partial charge is 0.0223 e. The van der Waals surface area contributed by atoms with E-state index in [4.69, 9.17) is 0 Å². The van der Waals surface area contributed by atoms with Gasteiger partial charge in [0.05, 0.1) is 0 Å². The molecular weight excluding hydrogens is 246 g/mol. The Morgan fingerprint density at radius 2 is 1.75 bits per heavy atom. The molecule has 3 rings (SSSR count). The molecule has 0 spiro atoms. The molecule has 3 nitrogen and oxygen atoms in total. The summed E-state index contributed by atoms with van der Waals surface area (Å²) in [5.41, 5.74) is 0. The van der Waals surface area contributed by atoms with Crippen LogP contribution in [-0.4, -0.2) is 61.7 Å². The summed E-state index contributed by atoms with van der Waals surface area (Å²) in [5.74, 6) is 0.879. The molecular formula is C17H33N3. The van der Waals surface area contributed by atoms with Crippen LogP contribution in [-0.2, 0) is 0 Å². The topological polar surface area (TPSA) is 18.5 Å². The standard InChI is InChI=1S/C17H33N3/c1-18-17-7-5-3-4-6-14(17)12-20-11-10-15-8-9-16(13-20)19(15)2/h14-18H,3-13H2,1-2H3. The van der Waals surface area contributed by atoms with Gasteiger partial charge in [-0.15, -0.1) is 0 Å². The van der Waals surface area contributed by atoms with Crippen molar-refractivity contribution in [2.75, 3.05) is 33.7 Å². The van der Waals surface area contributed by atoms with Crippen molar-refractivity contribution in [3.8, 4) is 0 Å². The van der Waals surface area contributed by atoms with Gasteiger partial charge in [-0.2, -0.15) is 0 Å². The molecule has 4 unspecified atom stereocenters. The van der Waals surface area contributed by atoms with Crippen LogP contribution >= 0.6 is 0 Å². The molecule has 3 heteroatoms. The number of hydrogen-bond acceptors (Lipinski definition) is 3. The SMILES string of the molecule is CNC1CCCCCC1CN1CCC2CCC(C1)N2C. The van der Waals surface area contributed by atoms with E-state index < -0.39 is 0 Å². The van der Waals surface area contributed by atoms with Gasteiger partial charge < -0.3 is 10.2 Å². The molecule has 3 fully saturated rings. The maximum absolute atomic E-state index is 3.60. The molecule has 0 aromatic carbocycles. The molecule has 1 N–H and O–H groups in total. The van der Waals surface area contributed by atoms with Gasteiger partial charge in [0.2, 0.25) is 0 Å². The molecule has 20 heavy (non-hydrogen) atoms. The highest BCUT2D eigenvalue weighted by molar-refractivity contribution is 4.92. The van der Waals surface area contributed by atoms with Gasteiger partial charge in [0.1, 0.15) is 0 Å². The van der Waals surface area contributed by atoms with E-state index in [1.165, 1.54) is 71.0 Å². The Morgan fingerprint density at radius 3 is 2.60 bits per heavy atom. The van der Waals surface area contributed by atoms with Gasteiger partial charge in [-0.05, 0) is 58.7 Å². The molecule has 3 aliphatic rings. The van der Waals surface area contributed by atoms with E-state index in [1.807, 2.05) is 0 Å². The van der Waals surface area contributed by atoms with Gasteiger partial charge in [0.15, 0.2) is 0 Å².